The van der Waals surface area contributed by atoms with Crippen molar-refractivity contribution < 1.29 is 4.79 Å². The highest BCUT2D eigenvalue weighted by atomic mass is 16.2. The van der Waals surface area contributed by atoms with Crippen LogP contribution in [0.3, 0.4) is 0 Å². The molecule has 0 saturated carbocycles. The van der Waals surface area contributed by atoms with Crippen LogP contribution >= 0.6 is 0 Å². The van der Waals surface area contributed by atoms with Crippen LogP contribution < -0.4 is 15.5 Å². The van der Waals surface area contributed by atoms with Crippen molar-refractivity contribution in [2.45, 2.75) is 25.8 Å². The maximum atomic E-state index is 12.2. The van der Waals surface area contributed by atoms with Gasteiger partial charge in [-0.05, 0) is 50.6 Å². The first-order chi connectivity index (χ1) is 13.2. The number of pyridine rings is 1. The number of anilines is 2. The fraction of sp³-hybridized carbons (Fsp3) is 0.429. The van der Waals surface area contributed by atoms with Crippen molar-refractivity contribution in [1.82, 2.24) is 15.2 Å². The number of nitrogens with one attached hydrogen (secondary N) is 2. The summed E-state index contributed by atoms with van der Waals surface area (Å²) in [5.74, 6) is 0.868. The number of nitrogens with zero attached hydrogens (tertiary/aromatic N) is 3. The summed E-state index contributed by atoms with van der Waals surface area (Å²) >= 11 is 0. The Kier molecular flexibility index (Phi) is 7.04. The van der Waals surface area contributed by atoms with Crippen LogP contribution in [0.4, 0.5) is 16.3 Å². The highest BCUT2D eigenvalue weighted by Crippen LogP contribution is 2.25. The van der Waals surface area contributed by atoms with Gasteiger partial charge in [-0.3, -0.25) is 0 Å². The van der Waals surface area contributed by atoms with Crippen molar-refractivity contribution >= 4 is 17.5 Å². The minimum Gasteiger partial charge on any atom is -0.355 e. The maximum Gasteiger partial charge on any atom is 0.319 e. The third kappa shape index (κ3) is 5.96. The third-order valence-electron chi connectivity index (χ3n) is 4.74. The zero-order valence-electron chi connectivity index (χ0n) is 16.0. The number of rotatable bonds is 8. The topological polar surface area (TPSA) is 60.5 Å². The Morgan fingerprint density at radius 3 is 2.70 bits per heavy atom. The van der Waals surface area contributed by atoms with E-state index in [2.05, 4.69) is 56.7 Å². The molecule has 6 nitrogen and oxygen atoms in total. The molecule has 0 bridgehead atoms. The van der Waals surface area contributed by atoms with Gasteiger partial charge in [0.2, 0.25) is 0 Å². The van der Waals surface area contributed by atoms with Crippen molar-refractivity contribution in [3.8, 4) is 0 Å². The van der Waals surface area contributed by atoms with E-state index in [1.807, 2.05) is 18.2 Å². The van der Waals surface area contributed by atoms with Crippen LogP contribution in [0.25, 0.3) is 0 Å². The normalized spacial score (nSPS) is 13.8. The number of aromatic nitrogens is 1. The SMILES string of the molecule is CN(CCCNC(=O)Nc1cccnc1N1CCCC1)Cc1ccccc1. The minimum atomic E-state index is -0.172. The van der Waals surface area contributed by atoms with Crippen molar-refractivity contribution in [3.05, 3.63) is 54.2 Å². The lowest BCUT2D eigenvalue weighted by molar-refractivity contribution is 0.250. The zero-order valence-corrected chi connectivity index (χ0v) is 16.0. The molecule has 0 unspecified atom stereocenters. The highest BCUT2D eigenvalue weighted by Gasteiger charge is 2.17. The molecular weight excluding hydrogens is 338 g/mol. The molecule has 1 aromatic carbocycles. The lowest BCUT2D eigenvalue weighted by Crippen LogP contribution is -2.32. The second-order valence-electron chi connectivity index (χ2n) is 7.03. The van der Waals surface area contributed by atoms with E-state index in [0.717, 1.165) is 44.1 Å². The van der Waals surface area contributed by atoms with Crippen LogP contribution in [0.2, 0.25) is 0 Å². The molecule has 0 aliphatic carbocycles. The largest absolute Gasteiger partial charge is 0.355 e. The lowest BCUT2D eigenvalue weighted by atomic mass is 10.2. The molecule has 2 amide bonds. The molecule has 27 heavy (non-hydrogen) atoms. The Morgan fingerprint density at radius 2 is 1.93 bits per heavy atom. The van der Waals surface area contributed by atoms with Crippen LogP contribution in [0.1, 0.15) is 24.8 Å². The van der Waals surface area contributed by atoms with E-state index >= 15 is 0 Å². The van der Waals surface area contributed by atoms with E-state index in [1.165, 1.54) is 18.4 Å². The van der Waals surface area contributed by atoms with E-state index in [0.29, 0.717) is 6.54 Å². The molecule has 0 atom stereocenters. The second-order valence-corrected chi connectivity index (χ2v) is 7.03. The molecule has 144 valence electrons. The molecule has 2 N–H and O–H groups in total. The van der Waals surface area contributed by atoms with E-state index in [-0.39, 0.29) is 6.03 Å². The summed E-state index contributed by atoms with van der Waals surface area (Å²) < 4.78 is 0. The summed E-state index contributed by atoms with van der Waals surface area (Å²) in [6, 6.07) is 14.0. The van der Waals surface area contributed by atoms with Crippen molar-refractivity contribution in [1.29, 1.82) is 0 Å². The van der Waals surface area contributed by atoms with Gasteiger partial charge in [-0.25, -0.2) is 9.78 Å². The Labute approximate surface area is 161 Å². The van der Waals surface area contributed by atoms with E-state index < -0.39 is 0 Å². The Balaban J connectivity index is 1.39. The molecule has 0 radical (unpaired) electrons. The third-order valence-corrected chi connectivity index (χ3v) is 4.74. The molecule has 2 aromatic rings. The van der Waals surface area contributed by atoms with Gasteiger partial charge in [-0.2, -0.15) is 0 Å². The smallest absolute Gasteiger partial charge is 0.319 e. The number of hydrogen-bond acceptors (Lipinski definition) is 4. The van der Waals surface area contributed by atoms with E-state index in [4.69, 9.17) is 0 Å². The molecule has 1 saturated heterocycles. The van der Waals surface area contributed by atoms with Crippen molar-refractivity contribution in [2.75, 3.05) is 43.4 Å². The zero-order chi connectivity index (χ0) is 18.9. The number of amides is 2. The summed E-state index contributed by atoms with van der Waals surface area (Å²) in [7, 11) is 2.10. The Bertz CT molecular complexity index is 716. The number of urea groups is 1. The number of carbonyl (C=O) groups excluding carboxylic acids is 1. The van der Waals surface area contributed by atoms with Crippen molar-refractivity contribution in [2.24, 2.45) is 0 Å². The average Bonchev–Trinajstić information content (AvgIpc) is 3.21. The first-order valence-corrected chi connectivity index (χ1v) is 9.69. The first-order valence-electron chi connectivity index (χ1n) is 9.69. The molecule has 1 aliphatic rings. The molecule has 2 heterocycles. The van der Waals surface area contributed by atoms with Crippen LogP contribution in [0.5, 0.6) is 0 Å². The Hall–Kier alpha value is -2.60. The van der Waals surface area contributed by atoms with Gasteiger partial charge in [0.05, 0.1) is 5.69 Å². The molecule has 6 heteroatoms. The number of benzene rings is 1. The average molecular weight is 367 g/mol. The fourth-order valence-electron chi connectivity index (χ4n) is 3.37. The lowest BCUT2D eigenvalue weighted by Gasteiger charge is -2.20. The minimum absolute atomic E-state index is 0.172. The summed E-state index contributed by atoms with van der Waals surface area (Å²) in [6.07, 6.45) is 5.04. The predicted octanol–water partition coefficient (Wildman–Crippen LogP) is 3.33. The molecule has 1 aliphatic heterocycles. The first kappa shape index (κ1) is 19.2. The van der Waals surface area contributed by atoms with Crippen LogP contribution in [0, 0.1) is 0 Å². The number of hydrogen-bond donors (Lipinski definition) is 2. The van der Waals surface area contributed by atoms with Gasteiger partial charge in [0, 0.05) is 32.4 Å². The molecule has 1 fully saturated rings. The standard InChI is InChI=1S/C21H29N5O/c1-25(17-18-9-3-2-4-10-18)14-8-13-23-21(27)24-19-11-7-12-22-20(19)26-15-5-6-16-26/h2-4,7,9-12H,5-6,8,13-17H2,1H3,(H2,23,24,27). The quantitative estimate of drug-likeness (QED) is 0.703. The predicted molar refractivity (Wildman–Crippen MR) is 110 cm³/mol. The molecular formula is C21H29N5O. The highest BCUT2D eigenvalue weighted by molar-refractivity contribution is 5.92. The van der Waals surface area contributed by atoms with Crippen LogP contribution in [0.15, 0.2) is 48.7 Å². The van der Waals surface area contributed by atoms with E-state index in [9.17, 15) is 4.79 Å². The summed E-state index contributed by atoms with van der Waals surface area (Å²) in [5, 5.41) is 5.89. The second kappa shape index (κ2) is 9.92. The summed E-state index contributed by atoms with van der Waals surface area (Å²) in [6.45, 7) is 4.50. The molecule has 1 aromatic heterocycles. The van der Waals surface area contributed by atoms with Gasteiger partial charge in [-0.1, -0.05) is 30.3 Å². The number of carbonyl (C=O) groups is 1. The summed E-state index contributed by atoms with van der Waals surface area (Å²) in [4.78, 5) is 21.2. The molecule has 3 rings (SSSR count). The summed E-state index contributed by atoms with van der Waals surface area (Å²) in [5.41, 5.74) is 2.08. The van der Waals surface area contributed by atoms with E-state index in [1.54, 1.807) is 6.20 Å². The van der Waals surface area contributed by atoms with Crippen LogP contribution in [-0.2, 0) is 6.54 Å². The molecule has 0 spiro atoms. The van der Waals surface area contributed by atoms with Gasteiger partial charge in [0.1, 0.15) is 0 Å². The van der Waals surface area contributed by atoms with Gasteiger partial charge in [-0.15, -0.1) is 0 Å². The van der Waals surface area contributed by atoms with Gasteiger partial charge in [0.15, 0.2) is 5.82 Å². The van der Waals surface area contributed by atoms with Crippen molar-refractivity contribution in [3.63, 3.8) is 0 Å². The van der Waals surface area contributed by atoms with Gasteiger partial charge < -0.3 is 20.4 Å². The van der Waals surface area contributed by atoms with Crippen LogP contribution in [-0.4, -0.2) is 49.1 Å². The monoisotopic (exact) mass is 367 g/mol. The fourth-order valence-corrected chi connectivity index (χ4v) is 3.37. The van der Waals surface area contributed by atoms with Gasteiger partial charge in [0.25, 0.3) is 0 Å². The Morgan fingerprint density at radius 1 is 1.15 bits per heavy atom. The maximum absolute atomic E-state index is 12.2. The van der Waals surface area contributed by atoms with Gasteiger partial charge >= 0.3 is 6.03 Å².